The number of halogens is 2. The van der Waals surface area contributed by atoms with Crippen molar-refractivity contribution < 1.29 is 4.74 Å². The van der Waals surface area contributed by atoms with Crippen LogP contribution in [0, 0.1) is 0 Å². The molecule has 2 N–H and O–H groups in total. The molecular weight excluding hydrogens is 291 g/mol. The van der Waals surface area contributed by atoms with Crippen molar-refractivity contribution in [1.82, 2.24) is 5.32 Å². The minimum atomic E-state index is 0.255. The van der Waals surface area contributed by atoms with Crippen LogP contribution in [0.25, 0.3) is 0 Å². The normalized spacial score (nSPS) is 18.7. The Bertz CT molecular complexity index is 436. The van der Waals surface area contributed by atoms with Gasteiger partial charge >= 0.3 is 0 Å². The van der Waals surface area contributed by atoms with Gasteiger partial charge in [-0.2, -0.15) is 0 Å². The van der Waals surface area contributed by atoms with E-state index >= 15 is 0 Å². The maximum Gasteiger partial charge on any atom is 0.170 e. The van der Waals surface area contributed by atoms with Crippen molar-refractivity contribution >= 4 is 46.2 Å². The third kappa shape index (κ3) is 3.99. The number of benzene rings is 1. The third-order valence-corrected chi connectivity index (χ3v) is 3.49. The first-order valence-corrected chi connectivity index (χ1v) is 6.93. The van der Waals surface area contributed by atoms with Gasteiger partial charge in [-0.15, -0.1) is 0 Å². The molecule has 3 nitrogen and oxygen atoms in total. The van der Waals surface area contributed by atoms with Gasteiger partial charge in [0.1, 0.15) is 0 Å². The Labute approximate surface area is 122 Å². The van der Waals surface area contributed by atoms with Crippen molar-refractivity contribution in [2.24, 2.45) is 0 Å². The van der Waals surface area contributed by atoms with E-state index in [4.69, 9.17) is 40.2 Å². The number of anilines is 1. The summed E-state index contributed by atoms with van der Waals surface area (Å²) in [5, 5.41) is 7.84. The van der Waals surface area contributed by atoms with Gasteiger partial charge in [0.15, 0.2) is 5.11 Å². The van der Waals surface area contributed by atoms with E-state index < -0.39 is 0 Å². The molecule has 0 spiro atoms. The Kier molecular flexibility index (Phi) is 5.06. The van der Waals surface area contributed by atoms with Gasteiger partial charge in [0, 0.05) is 18.2 Å². The molecule has 1 saturated heterocycles. The predicted molar refractivity (Wildman–Crippen MR) is 79.7 cm³/mol. The number of hydrogen-bond acceptors (Lipinski definition) is 2. The van der Waals surface area contributed by atoms with Crippen molar-refractivity contribution in [2.45, 2.75) is 18.9 Å². The van der Waals surface area contributed by atoms with Crippen molar-refractivity contribution in [1.29, 1.82) is 0 Å². The Balaban J connectivity index is 1.82. The number of ether oxygens (including phenoxy) is 1. The first kappa shape index (κ1) is 13.9. The lowest BCUT2D eigenvalue weighted by molar-refractivity contribution is 0.114. The average Bonchev–Trinajstić information content (AvgIpc) is 2.83. The molecule has 2 rings (SSSR count). The van der Waals surface area contributed by atoms with Gasteiger partial charge in [-0.3, -0.25) is 0 Å². The quantitative estimate of drug-likeness (QED) is 0.838. The Morgan fingerprint density at radius 2 is 2.28 bits per heavy atom. The highest BCUT2D eigenvalue weighted by molar-refractivity contribution is 7.80. The van der Waals surface area contributed by atoms with Crippen molar-refractivity contribution in [3.05, 3.63) is 28.2 Å². The van der Waals surface area contributed by atoms with Crippen molar-refractivity contribution in [3.63, 3.8) is 0 Å². The van der Waals surface area contributed by atoms with Gasteiger partial charge in [-0.05, 0) is 43.3 Å². The SMILES string of the molecule is S=C(NC[C@@H]1CCCO1)Nc1ccc(Cl)cc1Cl. The van der Waals surface area contributed by atoms with E-state index in [9.17, 15) is 0 Å². The van der Waals surface area contributed by atoms with Crippen LogP contribution < -0.4 is 10.6 Å². The average molecular weight is 305 g/mol. The van der Waals surface area contributed by atoms with E-state index in [0.29, 0.717) is 15.2 Å². The Hall–Kier alpha value is -0.550. The van der Waals surface area contributed by atoms with Crippen LogP contribution in [0.15, 0.2) is 18.2 Å². The topological polar surface area (TPSA) is 33.3 Å². The first-order valence-electron chi connectivity index (χ1n) is 5.76. The van der Waals surface area contributed by atoms with Crippen LogP contribution in [-0.2, 0) is 4.74 Å². The summed E-state index contributed by atoms with van der Waals surface area (Å²) < 4.78 is 5.50. The molecule has 0 bridgehead atoms. The van der Waals surface area contributed by atoms with E-state index in [-0.39, 0.29) is 6.10 Å². The first-order chi connectivity index (χ1) is 8.65. The van der Waals surface area contributed by atoms with Gasteiger partial charge in [-0.25, -0.2) is 0 Å². The molecule has 1 aromatic rings. The summed E-state index contributed by atoms with van der Waals surface area (Å²) in [6.07, 6.45) is 2.46. The van der Waals surface area contributed by atoms with Gasteiger partial charge < -0.3 is 15.4 Å². The fourth-order valence-electron chi connectivity index (χ4n) is 1.77. The second-order valence-corrected chi connectivity index (χ2v) is 5.35. The molecular formula is C12H14Cl2N2OS. The summed E-state index contributed by atoms with van der Waals surface area (Å²) in [5.41, 5.74) is 0.742. The van der Waals surface area contributed by atoms with E-state index in [1.807, 2.05) is 0 Å². The molecule has 0 unspecified atom stereocenters. The lowest BCUT2D eigenvalue weighted by Crippen LogP contribution is -2.34. The summed E-state index contributed by atoms with van der Waals surface area (Å²) in [6.45, 7) is 1.56. The van der Waals surface area contributed by atoms with Gasteiger partial charge in [-0.1, -0.05) is 23.2 Å². The minimum Gasteiger partial charge on any atom is -0.376 e. The summed E-state index contributed by atoms with van der Waals surface area (Å²) in [4.78, 5) is 0. The summed E-state index contributed by atoms with van der Waals surface area (Å²) in [6, 6.07) is 5.23. The van der Waals surface area contributed by atoms with Crippen LogP contribution in [0.3, 0.4) is 0 Å². The molecule has 0 radical (unpaired) electrons. The molecule has 1 aromatic carbocycles. The molecule has 1 atom stereocenters. The van der Waals surface area contributed by atoms with E-state index in [1.54, 1.807) is 18.2 Å². The van der Waals surface area contributed by atoms with Crippen LogP contribution in [0.5, 0.6) is 0 Å². The molecule has 6 heteroatoms. The molecule has 0 amide bonds. The lowest BCUT2D eigenvalue weighted by Gasteiger charge is -2.14. The van der Waals surface area contributed by atoms with E-state index in [0.717, 1.165) is 31.7 Å². The zero-order valence-electron chi connectivity index (χ0n) is 9.71. The maximum absolute atomic E-state index is 6.04. The van der Waals surface area contributed by atoms with Crippen LogP contribution in [0.2, 0.25) is 10.0 Å². The molecule has 98 valence electrons. The van der Waals surface area contributed by atoms with Crippen molar-refractivity contribution in [3.8, 4) is 0 Å². The third-order valence-electron chi connectivity index (χ3n) is 2.69. The van der Waals surface area contributed by atoms with Gasteiger partial charge in [0.05, 0.1) is 16.8 Å². The Morgan fingerprint density at radius 1 is 1.44 bits per heavy atom. The highest BCUT2D eigenvalue weighted by Crippen LogP contribution is 2.25. The smallest absolute Gasteiger partial charge is 0.170 e. The number of rotatable bonds is 3. The van der Waals surface area contributed by atoms with Gasteiger partial charge in [0.25, 0.3) is 0 Å². The molecule has 18 heavy (non-hydrogen) atoms. The predicted octanol–water partition coefficient (Wildman–Crippen LogP) is 3.46. The molecule has 0 aliphatic carbocycles. The second kappa shape index (κ2) is 6.57. The number of nitrogens with one attached hydrogen (secondary N) is 2. The lowest BCUT2D eigenvalue weighted by atomic mass is 10.2. The molecule has 0 aromatic heterocycles. The molecule has 1 fully saturated rings. The Morgan fingerprint density at radius 3 is 2.94 bits per heavy atom. The second-order valence-electron chi connectivity index (χ2n) is 4.09. The molecule has 0 saturated carbocycles. The van der Waals surface area contributed by atoms with E-state index in [1.165, 1.54) is 0 Å². The van der Waals surface area contributed by atoms with Crippen LogP contribution in [0.1, 0.15) is 12.8 Å². The van der Waals surface area contributed by atoms with Crippen LogP contribution in [0.4, 0.5) is 5.69 Å². The molecule has 1 heterocycles. The number of hydrogen-bond donors (Lipinski definition) is 2. The van der Waals surface area contributed by atoms with Gasteiger partial charge in [0.2, 0.25) is 0 Å². The maximum atomic E-state index is 6.04. The summed E-state index contributed by atoms with van der Waals surface area (Å²) in [7, 11) is 0. The largest absolute Gasteiger partial charge is 0.376 e. The fraction of sp³-hybridized carbons (Fsp3) is 0.417. The highest BCUT2D eigenvalue weighted by atomic mass is 35.5. The summed E-state index contributed by atoms with van der Waals surface area (Å²) in [5.74, 6) is 0. The van der Waals surface area contributed by atoms with Crippen LogP contribution >= 0.6 is 35.4 Å². The monoisotopic (exact) mass is 304 g/mol. The van der Waals surface area contributed by atoms with Crippen LogP contribution in [-0.4, -0.2) is 24.4 Å². The molecule has 1 aliphatic heterocycles. The van der Waals surface area contributed by atoms with Crippen molar-refractivity contribution in [2.75, 3.05) is 18.5 Å². The van der Waals surface area contributed by atoms with E-state index in [2.05, 4.69) is 10.6 Å². The zero-order chi connectivity index (χ0) is 13.0. The highest BCUT2D eigenvalue weighted by Gasteiger charge is 2.15. The number of thiocarbonyl (C=S) groups is 1. The zero-order valence-corrected chi connectivity index (χ0v) is 12.0. The summed E-state index contributed by atoms with van der Waals surface area (Å²) >= 11 is 17.1. The fourth-order valence-corrected chi connectivity index (χ4v) is 2.42. The standard InChI is InChI=1S/C12H14Cl2N2OS/c13-8-3-4-11(10(14)6-8)16-12(18)15-7-9-2-1-5-17-9/h3-4,6,9H,1-2,5,7H2,(H2,15,16,18)/t9-/m0/s1. The minimum absolute atomic E-state index is 0.255. The molecule has 1 aliphatic rings.